The summed E-state index contributed by atoms with van der Waals surface area (Å²) in [5.41, 5.74) is 9.15. The highest BCUT2D eigenvalue weighted by atomic mass is 19.1. The summed E-state index contributed by atoms with van der Waals surface area (Å²) >= 11 is 0. The summed E-state index contributed by atoms with van der Waals surface area (Å²) in [5, 5.41) is 3.35. The quantitative estimate of drug-likeness (QED) is 0.365. The summed E-state index contributed by atoms with van der Waals surface area (Å²) in [6.07, 6.45) is 2.09. The molecule has 0 radical (unpaired) electrons. The number of nitrogens with two attached hydrogens (primary N) is 1. The number of furan rings is 1. The van der Waals surface area contributed by atoms with Crippen LogP contribution >= 0.6 is 0 Å². The van der Waals surface area contributed by atoms with E-state index in [0.29, 0.717) is 17.7 Å². The molecule has 2 rings (SSSR count). The van der Waals surface area contributed by atoms with E-state index in [-0.39, 0.29) is 18.5 Å². The molecule has 2 N–H and O–H groups in total. The molecule has 2 aromatic rings. The van der Waals surface area contributed by atoms with Crippen LogP contribution in [0.4, 0.5) is 4.39 Å². The topological polar surface area (TPSA) is 114 Å². The number of carbonyl (C=O) groups is 1. The van der Waals surface area contributed by atoms with Crippen LogP contribution < -0.4 is 5.90 Å². The number of hydrogen-bond donors (Lipinski definition) is 1. The fourth-order valence-electron chi connectivity index (χ4n) is 2.29. The first-order valence-electron chi connectivity index (χ1n) is 6.88. The molecular weight excluding hydrogens is 303 g/mol. The van der Waals surface area contributed by atoms with E-state index in [1.165, 1.54) is 12.1 Å². The smallest absolute Gasteiger partial charge is 0.331 e. The van der Waals surface area contributed by atoms with Crippen molar-refractivity contribution in [2.24, 2.45) is 11.0 Å². The molecule has 1 unspecified atom stereocenters. The first-order chi connectivity index (χ1) is 11.2. The molecule has 0 fully saturated rings. The van der Waals surface area contributed by atoms with Crippen molar-refractivity contribution < 1.29 is 18.4 Å². The van der Waals surface area contributed by atoms with Gasteiger partial charge in [0.05, 0.1) is 12.2 Å². The number of nitrogens with zero attached hydrogens (tertiary/aromatic N) is 3. The molecule has 120 valence electrons. The van der Waals surface area contributed by atoms with Crippen molar-refractivity contribution in [3.8, 4) is 0 Å². The van der Waals surface area contributed by atoms with E-state index in [0.717, 1.165) is 0 Å². The number of hydrogen-bond acceptors (Lipinski definition) is 5. The average Bonchev–Trinajstić information content (AvgIpc) is 3.05. The lowest BCUT2D eigenvalue weighted by molar-refractivity contribution is -0.146. The lowest BCUT2D eigenvalue weighted by atomic mass is 9.93. The summed E-state index contributed by atoms with van der Waals surface area (Å²) in [7, 11) is 0. The van der Waals surface area contributed by atoms with Crippen molar-refractivity contribution >= 4 is 5.97 Å². The van der Waals surface area contributed by atoms with Gasteiger partial charge in [-0.15, -0.1) is 0 Å². The van der Waals surface area contributed by atoms with Crippen molar-refractivity contribution in [2.45, 2.75) is 18.8 Å². The van der Waals surface area contributed by atoms with Crippen LogP contribution in [0.1, 0.15) is 29.2 Å². The Hall–Kier alpha value is -2.83. The molecule has 7 nitrogen and oxygen atoms in total. The van der Waals surface area contributed by atoms with Crippen LogP contribution in [0.15, 0.2) is 46.1 Å². The Morgan fingerprint density at radius 2 is 2.30 bits per heavy atom. The number of azide groups is 1. The molecule has 0 aliphatic rings. The zero-order valence-electron chi connectivity index (χ0n) is 12.2. The van der Waals surface area contributed by atoms with Crippen LogP contribution in [0.5, 0.6) is 0 Å². The average molecular weight is 318 g/mol. The summed E-state index contributed by atoms with van der Waals surface area (Å²) in [6.45, 7) is 0.0316. The van der Waals surface area contributed by atoms with Crippen molar-refractivity contribution in [3.05, 3.63) is 69.7 Å². The predicted octanol–water partition coefficient (Wildman–Crippen LogP) is 3.21. The van der Waals surface area contributed by atoms with E-state index >= 15 is 0 Å². The maximum Gasteiger partial charge on any atom is 0.331 e. The van der Waals surface area contributed by atoms with Gasteiger partial charge in [-0.05, 0) is 35.7 Å². The second-order valence-electron chi connectivity index (χ2n) is 4.84. The Bertz CT molecular complexity index is 712. The lowest BCUT2D eigenvalue weighted by Gasteiger charge is -2.15. The molecule has 23 heavy (non-hydrogen) atoms. The maximum absolute atomic E-state index is 14.4. The fraction of sp³-hybridized carbons (Fsp3) is 0.267. The van der Waals surface area contributed by atoms with Gasteiger partial charge in [-0.25, -0.2) is 9.18 Å². The molecular formula is C15H15FN4O3. The van der Waals surface area contributed by atoms with Crippen LogP contribution in [0, 0.1) is 5.82 Å². The Morgan fingerprint density at radius 1 is 1.48 bits per heavy atom. The zero-order valence-corrected chi connectivity index (χ0v) is 12.2. The monoisotopic (exact) mass is 318 g/mol. The fourth-order valence-corrected chi connectivity index (χ4v) is 2.29. The number of carbonyl (C=O) groups excluding carboxylic acids is 1. The summed E-state index contributed by atoms with van der Waals surface area (Å²) in [4.78, 5) is 18.6. The highest BCUT2D eigenvalue weighted by Gasteiger charge is 2.24. The minimum Gasteiger partial charge on any atom is -0.469 e. The van der Waals surface area contributed by atoms with Gasteiger partial charge in [0.1, 0.15) is 11.6 Å². The molecule has 0 aliphatic heterocycles. The van der Waals surface area contributed by atoms with Gasteiger partial charge in [-0.2, -0.15) is 5.90 Å². The number of rotatable bonds is 7. The summed E-state index contributed by atoms with van der Waals surface area (Å²) in [5.74, 6) is 3.34. The largest absolute Gasteiger partial charge is 0.469 e. The van der Waals surface area contributed by atoms with Gasteiger partial charge in [0.25, 0.3) is 0 Å². The molecule has 1 atom stereocenters. The van der Waals surface area contributed by atoms with E-state index in [1.54, 1.807) is 24.5 Å². The SMILES string of the molecule is [N-]=[N+]=NCCC(C(=O)ON)c1ccc(Cc2ccco2)cc1F. The van der Waals surface area contributed by atoms with Gasteiger partial charge < -0.3 is 9.25 Å². The van der Waals surface area contributed by atoms with E-state index in [1.807, 2.05) is 0 Å². The highest BCUT2D eigenvalue weighted by Crippen LogP contribution is 2.25. The van der Waals surface area contributed by atoms with E-state index in [9.17, 15) is 9.18 Å². The van der Waals surface area contributed by atoms with E-state index in [2.05, 4.69) is 14.9 Å². The molecule has 0 spiro atoms. The van der Waals surface area contributed by atoms with Gasteiger partial charge in [0.2, 0.25) is 0 Å². The minimum atomic E-state index is -0.928. The second-order valence-corrected chi connectivity index (χ2v) is 4.84. The molecule has 0 bridgehead atoms. The first kappa shape index (κ1) is 16.5. The predicted molar refractivity (Wildman–Crippen MR) is 79.6 cm³/mol. The van der Waals surface area contributed by atoms with Crippen molar-refractivity contribution in [1.29, 1.82) is 0 Å². The molecule has 0 aliphatic carbocycles. The molecule has 0 amide bonds. The van der Waals surface area contributed by atoms with E-state index in [4.69, 9.17) is 15.8 Å². The Labute approximate surface area is 131 Å². The van der Waals surface area contributed by atoms with Crippen LogP contribution in [-0.4, -0.2) is 12.5 Å². The normalized spacial score (nSPS) is 11.6. The Morgan fingerprint density at radius 3 is 2.91 bits per heavy atom. The van der Waals surface area contributed by atoms with Crippen LogP contribution in [0.3, 0.4) is 0 Å². The van der Waals surface area contributed by atoms with Gasteiger partial charge in [-0.1, -0.05) is 17.2 Å². The zero-order chi connectivity index (χ0) is 16.7. The molecule has 0 saturated heterocycles. The van der Waals surface area contributed by atoms with Gasteiger partial charge in [0, 0.05) is 23.4 Å². The molecule has 8 heteroatoms. The van der Waals surface area contributed by atoms with Gasteiger partial charge >= 0.3 is 5.97 Å². The van der Waals surface area contributed by atoms with Gasteiger partial charge in [-0.3, -0.25) is 0 Å². The van der Waals surface area contributed by atoms with Crippen LogP contribution in [0.2, 0.25) is 0 Å². The van der Waals surface area contributed by atoms with Gasteiger partial charge in [0.15, 0.2) is 0 Å². The van der Waals surface area contributed by atoms with Crippen LogP contribution in [-0.2, 0) is 16.1 Å². The van der Waals surface area contributed by atoms with Crippen molar-refractivity contribution in [2.75, 3.05) is 6.54 Å². The van der Waals surface area contributed by atoms with Crippen LogP contribution in [0.25, 0.3) is 10.4 Å². The van der Waals surface area contributed by atoms with E-state index < -0.39 is 17.7 Å². The lowest BCUT2D eigenvalue weighted by Crippen LogP contribution is -2.21. The third-order valence-corrected chi connectivity index (χ3v) is 3.38. The molecule has 1 aromatic carbocycles. The minimum absolute atomic E-state index is 0.0316. The highest BCUT2D eigenvalue weighted by molar-refractivity contribution is 5.78. The first-order valence-corrected chi connectivity index (χ1v) is 6.88. The third kappa shape index (κ3) is 4.32. The second kappa shape index (κ2) is 7.98. The summed E-state index contributed by atoms with van der Waals surface area (Å²) < 4.78 is 19.6. The standard InChI is InChI=1S/C15H15FN4O3/c16-14-9-10(8-11-2-1-7-22-11)3-4-12(14)13(15(21)23-18)5-6-19-20-17/h1-4,7,9,13H,5-6,8,18H2. The number of benzene rings is 1. The maximum atomic E-state index is 14.4. The summed E-state index contributed by atoms with van der Waals surface area (Å²) in [6, 6.07) is 8.09. The van der Waals surface area contributed by atoms with Crippen molar-refractivity contribution in [1.82, 2.24) is 0 Å². The Balaban J connectivity index is 2.21. The third-order valence-electron chi connectivity index (χ3n) is 3.38. The Kier molecular flexibility index (Phi) is 5.74. The molecule has 0 saturated carbocycles. The number of halogens is 1. The van der Waals surface area contributed by atoms with Crippen molar-refractivity contribution in [3.63, 3.8) is 0 Å². The molecule has 1 heterocycles. The molecule has 1 aromatic heterocycles.